The third-order valence-electron chi connectivity index (χ3n) is 2.60. The van der Waals surface area contributed by atoms with Gasteiger partial charge >= 0.3 is 0 Å². The molecule has 1 aromatic rings. The molecule has 17 heavy (non-hydrogen) atoms. The van der Waals surface area contributed by atoms with Crippen molar-refractivity contribution in [2.45, 2.75) is 40.3 Å². The van der Waals surface area contributed by atoms with Crippen molar-refractivity contribution in [2.24, 2.45) is 5.92 Å². The summed E-state index contributed by atoms with van der Waals surface area (Å²) in [5.74, 6) is 0.711. The van der Waals surface area contributed by atoms with E-state index in [0.717, 1.165) is 39.3 Å². The van der Waals surface area contributed by atoms with Gasteiger partial charge in [0, 0.05) is 38.7 Å². The van der Waals surface area contributed by atoms with Crippen LogP contribution in [-0.4, -0.2) is 24.3 Å². The van der Waals surface area contributed by atoms with E-state index in [2.05, 4.69) is 42.2 Å². The minimum absolute atomic E-state index is 0.711. The Hall–Kier alpha value is -0.800. The number of aryl methyl sites for hydroxylation is 1. The molecule has 0 saturated carbocycles. The zero-order valence-corrected chi connectivity index (χ0v) is 11.4. The van der Waals surface area contributed by atoms with Gasteiger partial charge in [0.25, 0.3) is 0 Å². The highest BCUT2D eigenvalue weighted by Gasteiger charge is 1.98. The molecule has 0 aliphatic rings. The van der Waals surface area contributed by atoms with E-state index in [1.54, 1.807) is 0 Å². The molecular formula is C14H26N2O. The normalized spacial score (nSPS) is 11.3. The van der Waals surface area contributed by atoms with E-state index in [9.17, 15) is 0 Å². The van der Waals surface area contributed by atoms with E-state index in [4.69, 9.17) is 4.74 Å². The summed E-state index contributed by atoms with van der Waals surface area (Å²) in [4.78, 5) is 0. The van der Waals surface area contributed by atoms with Gasteiger partial charge in [-0.15, -0.1) is 0 Å². The summed E-state index contributed by atoms with van der Waals surface area (Å²) in [5, 5.41) is 3.45. The van der Waals surface area contributed by atoms with Crippen molar-refractivity contribution < 1.29 is 4.74 Å². The Kier molecular flexibility index (Phi) is 6.97. The van der Waals surface area contributed by atoms with Gasteiger partial charge in [-0.1, -0.05) is 13.8 Å². The van der Waals surface area contributed by atoms with Gasteiger partial charge in [-0.3, -0.25) is 0 Å². The smallest absolute Gasteiger partial charge is 0.0482 e. The number of hydrogen-bond donors (Lipinski definition) is 1. The van der Waals surface area contributed by atoms with E-state index >= 15 is 0 Å². The number of hydrogen-bond acceptors (Lipinski definition) is 2. The molecule has 0 aliphatic heterocycles. The molecule has 0 aliphatic carbocycles. The predicted molar refractivity (Wildman–Crippen MR) is 72.1 cm³/mol. The quantitative estimate of drug-likeness (QED) is 0.669. The molecule has 1 N–H and O–H groups in total. The fourth-order valence-corrected chi connectivity index (χ4v) is 1.73. The van der Waals surface area contributed by atoms with Gasteiger partial charge in [0.15, 0.2) is 0 Å². The Bertz CT molecular complexity index is 294. The van der Waals surface area contributed by atoms with Crippen molar-refractivity contribution in [3.63, 3.8) is 0 Å². The molecular weight excluding hydrogens is 212 g/mol. The molecule has 1 aromatic heterocycles. The molecule has 0 spiro atoms. The number of ether oxygens (including phenoxy) is 1. The second-order valence-electron chi connectivity index (χ2n) is 4.83. The van der Waals surface area contributed by atoms with Crippen LogP contribution in [0.25, 0.3) is 0 Å². The van der Waals surface area contributed by atoms with Crippen LogP contribution in [-0.2, 0) is 17.8 Å². The van der Waals surface area contributed by atoms with Crippen LogP contribution in [0.2, 0.25) is 0 Å². The molecule has 3 heteroatoms. The lowest BCUT2D eigenvalue weighted by atomic mass is 10.2. The van der Waals surface area contributed by atoms with Gasteiger partial charge < -0.3 is 14.6 Å². The monoisotopic (exact) mass is 238 g/mol. The third-order valence-corrected chi connectivity index (χ3v) is 2.60. The maximum atomic E-state index is 5.33. The highest BCUT2D eigenvalue weighted by Crippen LogP contribution is 2.02. The Labute approximate surface area is 105 Å². The molecule has 0 amide bonds. The van der Waals surface area contributed by atoms with Crippen LogP contribution in [0.5, 0.6) is 0 Å². The largest absolute Gasteiger partial charge is 0.382 e. The van der Waals surface area contributed by atoms with Crippen molar-refractivity contribution in [3.8, 4) is 0 Å². The highest BCUT2D eigenvalue weighted by molar-refractivity contribution is 5.09. The van der Waals surface area contributed by atoms with E-state index in [-0.39, 0.29) is 0 Å². The average Bonchev–Trinajstić information content (AvgIpc) is 2.72. The Morgan fingerprint density at radius 1 is 1.41 bits per heavy atom. The Balaban J connectivity index is 2.18. The molecule has 0 aromatic carbocycles. The summed E-state index contributed by atoms with van der Waals surface area (Å²) in [7, 11) is 0. The van der Waals surface area contributed by atoms with E-state index < -0.39 is 0 Å². The third kappa shape index (κ3) is 6.49. The minimum atomic E-state index is 0.711. The molecule has 3 nitrogen and oxygen atoms in total. The first-order valence-corrected chi connectivity index (χ1v) is 6.65. The van der Waals surface area contributed by atoms with Gasteiger partial charge in [-0.25, -0.2) is 0 Å². The molecule has 1 rings (SSSR count). The summed E-state index contributed by atoms with van der Waals surface area (Å²) in [6.45, 7) is 11.3. The standard InChI is InChI=1S/C14H26N2O/c1-4-17-9-5-7-16-8-6-14(12-16)11-15-10-13(2)3/h6,8,12-13,15H,4-5,7,9-11H2,1-3H3. The van der Waals surface area contributed by atoms with Crippen LogP contribution in [0, 0.1) is 5.92 Å². The Morgan fingerprint density at radius 2 is 2.24 bits per heavy atom. The second-order valence-corrected chi connectivity index (χ2v) is 4.83. The van der Waals surface area contributed by atoms with Crippen molar-refractivity contribution in [1.29, 1.82) is 0 Å². The second kappa shape index (κ2) is 8.31. The first kappa shape index (κ1) is 14.3. The fraction of sp³-hybridized carbons (Fsp3) is 0.714. The van der Waals surface area contributed by atoms with Crippen molar-refractivity contribution >= 4 is 0 Å². The zero-order valence-electron chi connectivity index (χ0n) is 11.4. The predicted octanol–water partition coefficient (Wildman–Crippen LogP) is 2.66. The minimum Gasteiger partial charge on any atom is -0.382 e. The van der Waals surface area contributed by atoms with Gasteiger partial charge in [0.1, 0.15) is 0 Å². The summed E-state index contributed by atoms with van der Waals surface area (Å²) in [5.41, 5.74) is 1.36. The summed E-state index contributed by atoms with van der Waals surface area (Å²) in [6, 6.07) is 2.19. The number of aromatic nitrogens is 1. The van der Waals surface area contributed by atoms with E-state index in [0.29, 0.717) is 5.92 Å². The molecule has 0 radical (unpaired) electrons. The molecule has 0 atom stereocenters. The first-order valence-electron chi connectivity index (χ1n) is 6.65. The maximum Gasteiger partial charge on any atom is 0.0482 e. The van der Waals surface area contributed by atoms with Crippen LogP contribution in [0.1, 0.15) is 32.8 Å². The van der Waals surface area contributed by atoms with Crippen LogP contribution < -0.4 is 5.32 Å². The van der Waals surface area contributed by atoms with Crippen molar-refractivity contribution in [2.75, 3.05) is 19.8 Å². The van der Waals surface area contributed by atoms with Crippen LogP contribution in [0.4, 0.5) is 0 Å². The lowest BCUT2D eigenvalue weighted by Gasteiger charge is -2.06. The zero-order chi connectivity index (χ0) is 12.5. The van der Waals surface area contributed by atoms with Crippen LogP contribution >= 0.6 is 0 Å². The summed E-state index contributed by atoms with van der Waals surface area (Å²) in [6.07, 6.45) is 5.46. The SMILES string of the molecule is CCOCCCn1ccc(CNCC(C)C)c1. The average molecular weight is 238 g/mol. The van der Waals surface area contributed by atoms with Gasteiger partial charge in [0.2, 0.25) is 0 Å². The Morgan fingerprint density at radius 3 is 2.94 bits per heavy atom. The molecule has 0 bridgehead atoms. The summed E-state index contributed by atoms with van der Waals surface area (Å²) < 4.78 is 7.57. The molecule has 0 saturated heterocycles. The van der Waals surface area contributed by atoms with E-state index in [1.165, 1.54) is 5.56 Å². The summed E-state index contributed by atoms with van der Waals surface area (Å²) >= 11 is 0. The lowest BCUT2D eigenvalue weighted by Crippen LogP contribution is -2.18. The van der Waals surface area contributed by atoms with Gasteiger partial charge in [-0.2, -0.15) is 0 Å². The maximum absolute atomic E-state index is 5.33. The molecule has 98 valence electrons. The van der Waals surface area contributed by atoms with Gasteiger partial charge in [0.05, 0.1) is 0 Å². The fourth-order valence-electron chi connectivity index (χ4n) is 1.73. The number of nitrogens with one attached hydrogen (secondary N) is 1. The molecule has 0 unspecified atom stereocenters. The highest BCUT2D eigenvalue weighted by atomic mass is 16.5. The number of rotatable bonds is 9. The van der Waals surface area contributed by atoms with Gasteiger partial charge in [-0.05, 0) is 37.4 Å². The van der Waals surface area contributed by atoms with Crippen molar-refractivity contribution in [1.82, 2.24) is 9.88 Å². The number of nitrogens with zero attached hydrogens (tertiary/aromatic N) is 1. The lowest BCUT2D eigenvalue weighted by molar-refractivity contribution is 0.141. The van der Waals surface area contributed by atoms with Crippen LogP contribution in [0.3, 0.4) is 0 Å². The topological polar surface area (TPSA) is 26.2 Å². The molecule has 1 heterocycles. The van der Waals surface area contributed by atoms with Crippen molar-refractivity contribution in [3.05, 3.63) is 24.0 Å². The molecule has 0 fully saturated rings. The van der Waals surface area contributed by atoms with E-state index in [1.807, 2.05) is 6.92 Å². The first-order chi connectivity index (χ1) is 8.22. The van der Waals surface area contributed by atoms with Crippen LogP contribution in [0.15, 0.2) is 18.5 Å².